The molecule has 0 heterocycles. The van der Waals surface area contributed by atoms with Crippen molar-refractivity contribution in [2.45, 2.75) is 25.4 Å². The predicted molar refractivity (Wildman–Crippen MR) is 73.9 cm³/mol. The van der Waals surface area contributed by atoms with E-state index < -0.39 is 12.0 Å². The maximum atomic E-state index is 11.1. The number of aliphatic carboxylic acids is 1. The number of carbonyl (C=O) groups is 1. The fourth-order valence-corrected chi connectivity index (χ4v) is 1.68. The van der Waals surface area contributed by atoms with Crippen LogP contribution in [0.25, 0.3) is 0 Å². The van der Waals surface area contributed by atoms with Gasteiger partial charge in [0, 0.05) is 13.1 Å². The maximum Gasteiger partial charge on any atom is 0.320 e. The Kier molecular flexibility index (Phi) is 6.38. The van der Waals surface area contributed by atoms with Gasteiger partial charge in [-0.25, -0.2) is 0 Å². The van der Waals surface area contributed by atoms with Crippen molar-refractivity contribution in [2.24, 2.45) is 5.73 Å². The molecule has 0 fully saturated rings. The third-order valence-corrected chi connectivity index (χ3v) is 2.68. The summed E-state index contributed by atoms with van der Waals surface area (Å²) >= 11 is 0. The minimum absolute atomic E-state index is 0.0934. The minimum atomic E-state index is -0.862. The molecule has 1 unspecified atom stereocenters. The summed E-state index contributed by atoms with van der Waals surface area (Å²) in [6.07, 6.45) is 1.13. The molecule has 6 nitrogen and oxygen atoms in total. The Morgan fingerprint density at radius 3 is 2.63 bits per heavy atom. The Balaban J connectivity index is 2.32. The molecular weight excluding hydrogens is 244 g/mol. The van der Waals surface area contributed by atoms with Crippen molar-refractivity contribution in [3.8, 4) is 0 Å². The first-order valence-corrected chi connectivity index (χ1v) is 6.17. The zero-order chi connectivity index (χ0) is 14.1. The highest BCUT2D eigenvalue weighted by molar-refractivity contribution is 5.74. The average molecular weight is 264 g/mol. The van der Waals surface area contributed by atoms with Gasteiger partial charge in [0.05, 0.1) is 0 Å². The van der Waals surface area contributed by atoms with Crippen LogP contribution in [0.3, 0.4) is 0 Å². The van der Waals surface area contributed by atoms with Crippen molar-refractivity contribution in [1.82, 2.24) is 10.6 Å². The lowest BCUT2D eigenvalue weighted by molar-refractivity contribution is -0.139. The lowest BCUT2D eigenvalue weighted by Crippen LogP contribution is -2.37. The normalized spacial score (nSPS) is 11.8. The van der Waals surface area contributed by atoms with E-state index in [9.17, 15) is 4.79 Å². The van der Waals surface area contributed by atoms with Crippen molar-refractivity contribution in [2.75, 3.05) is 6.54 Å². The van der Waals surface area contributed by atoms with E-state index in [0.717, 1.165) is 5.56 Å². The third kappa shape index (κ3) is 6.42. The molecule has 6 heteroatoms. The molecule has 0 saturated heterocycles. The molecule has 0 saturated carbocycles. The summed E-state index contributed by atoms with van der Waals surface area (Å²) in [4.78, 5) is 11.1. The van der Waals surface area contributed by atoms with Crippen LogP contribution in [-0.2, 0) is 11.3 Å². The molecular formula is C13H20N4O2. The molecule has 19 heavy (non-hydrogen) atoms. The summed E-state index contributed by atoms with van der Waals surface area (Å²) in [6, 6.07) is 9.07. The number of nitrogens with two attached hydrogens (primary N) is 1. The maximum absolute atomic E-state index is 11.1. The van der Waals surface area contributed by atoms with Crippen LogP contribution in [0, 0.1) is 5.41 Å². The van der Waals surface area contributed by atoms with Crippen LogP contribution in [0.15, 0.2) is 30.3 Å². The second kappa shape index (κ2) is 8.10. The Bertz CT molecular complexity index is 408. The Morgan fingerprint density at radius 2 is 2.05 bits per heavy atom. The van der Waals surface area contributed by atoms with Gasteiger partial charge in [0.15, 0.2) is 5.96 Å². The van der Waals surface area contributed by atoms with Crippen molar-refractivity contribution < 1.29 is 9.90 Å². The van der Waals surface area contributed by atoms with Gasteiger partial charge >= 0.3 is 5.97 Å². The molecule has 0 aliphatic heterocycles. The number of carboxylic acids is 1. The average Bonchev–Trinajstić information content (AvgIpc) is 2.38. The van der Waals surface area contributed by atoms with Crippen molar-refractivity contribution in [3.63, 3.8) is 0 Å². The fraction of sp³-hybridized carbons (Fsp3) is 0.385. The van der Waals surface area contributed by atoms with Gasteiger partial charge < -0.3 is 21.5 Å². The first-order chi connectivity index (χ1) is 9.09. The molecule has 1 atom stereocenters. The topological polar surface area (TPSA) is 111 Å². The second-order valence-electron chi connectivity index (χ2n) is 4.24. The summed E-state index contributed by atoms with van der Waals surface area (Å²) in [5.41, 5.74) is 6.20. The summed E-state index contributed by atoms with van der Waals surface area (Å²) in [5.74, 6) is -0.956. The lowest BCUT2D eigenvalue weighted by atomic mass is 10.1. The second-order valence-corrected chi connectivity index (χ2v) is 4.24. The molecule has 104 valence electrons. The van der Waals surface area contributed by atoms with E-state index in [0.29, 0.717) is 25.9 Å². The first-order valence-electron chi connectivity index (χ1n) is 6.17. The molecule has 1 rings (SSSR count). The number of guanidine groups is 1. The molecule has 0 aliphatic rings. The Morgan fingerprint density at radius 1 is 1.37 bits per heavy atom. The standard InChI is InChI=1S/C13H20N4O2/c14-13(15)16-8-4-7-11(12(18)19)17-9-10-5-2-1-3-6-10/h1-3,5-6,11,17H,4,7-9H2,(H,18,19)(H4,14,15,16). The van der Waals surface area contributed by atoms with Gasteiger partial charge in [0.25, 0.3) is 0 Å². The van der Waals surface area contributed by atoms with Crippen LogP contribution in [0.4, 0.5) is 0 Å². The number of carboxylic acid groups (broad SMARTS) is 1. The van der Waals surface area contributed by atoms with Gasteiger partial charge in [-0.15, -0.1) is 0 Å². The summed E-state index contributed by atoms with van der Waals surface area (Å²) < 4.78 is 0. The fourth-order valence-electron chi connectivity index (χ4n) is 1.68. The molecule has 0 bridgehead atoms. The van der Waals surface area contributed by atoms with E-state index in [1.54, 1.807) is 0 Å². The van der Waals surface area contributed by atoms with Crippen molar-refractivity contribution in [3.05, 3.63) is 35.9 Å². The number of rotatable bonds is 8. The number of benzene rings is 1. The van der Waals surface area contributed by atoms with Gasteiger partial charge in [0.2, 0.25) is 0 Å². The molecule has 0 radical (unpaired) electrons. The first kappa shape index (κ1) is 15.0. The quantitative estimate of drug-likeness (QED) is 0.266. The van der Waals surface area contributed by atoms with Crippen LogP contribution in [0.2, 0.25) is 0 Å². The van der Waals surface area contributed by atoms with Gasteiger partial charge in [-0.2, -0.15) is 0 Å². The van der Waals surface area contributed by atoms with Gasteiger partial charge in [0.1, 0.15) is 6.04 Å². The molecule has 1 aromatic rings. The molecule has 0 aliphatic carbocycles. The molecule has 0 amide bonds. The van der Waals surface area contributed by atoms with E-state index in [2.05, 4.69) is 10.6 Å². The van der Waals surface area contributed by atoms with Crippen molar-refractivity contribution in [1.29, 1.82) is 5.41 Å². The smallest absolute Gasteiger partial charge is 0.320 e. The summed E-state index contributed by atoms with van der Waals surface area (Å²) in [6.45, 7) is 1.03. The third-order valence-electron chi connectivity index (χ3n) is 2.68. The number of hydrogen-bond donors (Lipinski definition) is 5. The van der Waals surface area contributed by atoms with Gasteiger partial charge in [-0.3, -0.25) is 10.2 Å². The van der Waals surface area contributed by atoms with Crippen LogP contribution < -0.4 is 16.4 Å². The molecule has 1 aromatic carbocycles. The highest BCUT2D eigenvalue weighted by Crippen LogP contribution is 2.02. The largest absolute Gasteiger partial charge is 0.480 e. The highest BCUT2D eigenvalue weighted by Gasteiger charge is 2.15. The van der Waals surface area contributed by atoms with Crippen LogP contribution in [0.5, 0.6) is 0 Å². The van der Waals surface area contributed by atoms with E-state index in [-0.39, 0.29) is 5.96 Å². The van der Waals surface area contributed by atoms with E-state index >= 15 is 0 Å². The molecule has 6 N–H and O–H groups in total. The predicted octanol–water partition coefficient (Wildman–Crippen LogP) is 0.493. The van der Waals surface area contributed by atoms with E-state index in [4.69, 9.17) is 16.2 Å². The van der Waals surface area contributed by atoms with E-state index in [1.807, 2.05) is 30.3 Å². The minimum Gasteiger partial charge on any atom is -0.480 e. The summed E-state index contributed by atoms with van der Waals surface area (Å²) in [5, 5.41) is 21.8. The van der Waals surface area contributed by atoms with E-state index in [1.165, 1.54) is 0 Å². The zero-order valence-electron chi connectivity index (χ0n) is 10.7. The van der Waals surface area contributed by atoms with Crippen LogP contribution in [-0.4, -0.2) is 29.6 Å². The van der Waals surface area contributed by atoms with Crippen molar-refractivity contribution >= 4 is 11.9 Å². The molecule has 0 spiro atoms. The zero-order valence-corrected chi connectivity index (χ0v) is 10.7. The monoisotopic (exact) mass is 264 g/mol. The lowest BCUT2D eigenvalue weighted by Gasteiger charge is -2.14. The molecule has 0 aromatic heterocycles. The number of hydrogen-bond acceptors (Lipinski definition) is 3. The van der Waals surface area contributed by atoms with Gasteiger partial charge in [-0.05, 0) is 18.4 Å². The Labute approximate surface area is 112 Å². The number of nitrogens with one attached hydrogen (secondary N) is 3. The highest BCUT2D eigenvalue weighted by atomic mass is 16.4. The Hall–Kier alpha value is -2.08. The summed E-state index contributed by atoms with van der Waals surface area (Å²) in [7, 11) is 0. The van der Waals surface area contributed by atoms with Crippen LogP contribution >= 0.6 is 0 Å². The van der Waals surface area contributed by atoms with Crippen LogP contribution in [0.1, 0.15) is 18.4 Å². The SMILES string of the molecule is N=C(N)NCCCC(NCc1ccccc1)C(=O)O. The van der Waals surface area contributed by atoms with Gasteiger partial charge in [-0.1, -0.05) is 30.3 Å².